The van der Waals surface area contributed by atoms with Crippen LogP contribution >= 0.6 is 0 Å². The van der Waals surface area contributed by atoms with E-state index in [1.807, 2.05) is 0 Å². The highest BCUT2D eigenvalue weighted by Gasteiger charge is 2.15. The molecule has 0 aliphatic heterocycles. The molecule has 0 bridgehead atoms. The fourth-order valence-electron chi connectivity index (χ4n) is 1.49. The number of hydrogen-bond acceptors (Lipinski definition) is 3. The van der Waals surface area contributed by atoms with Crippen LogP contribution in [0.15, 0.2) is 41.3 Å². The first-order valence-corrected chi connectivity index (χ1v) is 4.75. The Balaban J connectivity index is 2.55. The third kappa shape index (κ3) is 1.52. The molecule has 1 heterocycles. The smallest absolute Gasteiger partial charge is 0.336 e. The van der Waals surface area contributed by atoms with E-state index in [9.17, 15) is 9.59 Å². The van der Waals surface area contributed by atoms with Crippen LogP contribution in [-0.2, 0) is 7.05 Å². The van der Waals surface area contributed by atoms with Gasteiger partial charge in [-0.15, -0.1) is 0 Å². The molecule has 0 atom stereocenters. The molecule has 0 saturated carbocycles. The molecule has 0 amide bonds. The van der Waals surface area contributed by atoms with E-state index >= 15 is 0 Å². The van der Waals surface area contributed by atoms with E-state index in [2.05, 4.69) is 0 Å². The van der Waals surface area contributed by atoms with E-state index in [0.717, 1.165) is 4.57 Å². The molecule has 82 valence electrons. The fourth-order valence-corrected chi connectivity index (χ4v) is 1.49. The minimum atomic E-state index is -0.439. The molecule has 16 heavy (non-hydrogen) atoms. The highest BCUT2D eigenvalue weighted by atomic mass is 16.2. The predicted octanol–water partition coefficient (Wildman–Crippen LogP) is 0.457. The van der Waals surface area contributed by atoms with Crippen LogP contribution < -0.4 is 11.4 Å². The molecule has 0 fully saturated rings. The molecule has 0 radical (unpaired) electrons. The molecule has 5 nitrogen and oxygen atoms in total. The summed E-state index contributed by atoms with van der Waals surface area (Å²) < 4.78 is 2.23. The first-order valence-electron chi connectivity index (χ1n) is 4.75. The molecule has 2 aromatic rings. The zero-order valence-corrected chi connectivity index (χ0v) is 8.75. The third-order valence-electron chi connectivity index (χ3n) is 2.30. The lowest BCUT2D eigenvalue weighted by atomic mass is 10.2. The maximum absolute atomic E-state index is 12.0. The Morgan fingerprint density at radius 3 is 2.38 bits per heavy atom. The van der Waals surface area contributed by atoms with Gasteiger partial charge in [0.2, 0.25) is 0 Å². The second-order valence-corrected chi connectivity index (χ2v) is 3.45. The van der Waals surface area contributed by atoms with Gasteiger partial charge >= 0.3 is 5.69 Å². The first-order chi connectivity index (χ1) is 7.61. The fraction of sp³-hybridized carbons (Fsp3) is 0.0909. The van der Waals surface area contributed by atoms with Crippen molar-refractivity contribution in [2.24, 2.45) is 7.05 Å². The molecule has 2 rings (SSSR count). The summed E-state index contributed by atoms with van der Waals surface area (Å²) in [6.07, 6.45) is 1.42. The zero-order chi connectivity index (χ0) is 11.7. The van der Waals surface area contributed by atoms with Gasteiger partial charge in [0.25, 0.3) is 5.91 Å². The molecule has 0 aliphatic rings. The summed E-state index contributed by atoms with van der Waals surface area (Å²) in [5, 5.41) is 0. The Kier molecular flexibility index (Phi) is 2.36. The molecular weight excluding hydrogens is 206 g/mol. The number of rotatable bonds is 1. The topological polar surface area (TPSA) is 70.0 Å². The van der Waals surface area contributed by atoms with Crippen LogP contribution in [0.4, 0.5) is 5.82 Å². The lowest BCUT2D eigenvalue weighted by Gasteiger charge is -2.01. The van der Waals surface area contributed by atoms with Crippen LogP contribution in [0.3, 0.4) is 0 Å². The Labute approximate surface area is 91.7 Å². The molecule has 5 heteroatoms. The lowest BCUT2D eigenvalue weighted by molar-refractivity contribution is 0.0958. The van der Waals surface area contributed by atoms with E-state index < -0.39 is 11.6 Å². The summed E-state index contributed by atoms with van der Waals surface area (Å²) in [5.74, 6) is -0.273. The highest BCUT2D eigenvalue weighted by Crippen LogP contribution is 2.05. The van der Waals surface area contributed by atoms with Crippen molar-refractivity contribution in [1.82, 2.24) is 9.13 Å². The monoisotopic (exact) mass is 217 g/mol. The van der Waals surface area contributed by atoms with E-state index in [4.69, 9.17) is 5.73 Å². The molecule has 1 aromatic carbocycles. The van der Waals surface area contributed by atoms with Gasteiger partial charge in [0.15, 0.2) is 0 Å². The molecule has 0 unspecified atom stereocenters. The summed E-state index contributed by atoms with van der Waals surface area (Å²) in [6.45, 7) is 0. The number of imidazole rings is 1. The Morgan fingerprint density at radius 1 is 1.25 bits per heavy atom. The van der Waals surface area contributed by atoms with Crippen molar-refractivity contribution in [3.05, 3.63) is 52.6 Å². The maximum Gasteiger partial charge on any atom is 0.336 e. The van der Waals surface area contributed by atoms with Crippen molar-refractivity contribution < 1.29 is 4.79 Å². The number of anilines is 1. The number of aryl methyl sites for hydroxylation is 1. The van der Waals surface area contributed by atoms with Gasteiger partial charge in [0.1, 0.15) is 5.82 Å². The van der Waals surface area contributed by atoms with Crippen LogP contribution in [0, 0.1) is 0 Å². The molecule has 0 spiro atoms. The molecule has 1 aromatic heterocycles. The number of hydrogen-bond donors (Lipinski definition) is 1. The minimum absolute atomic E-state index is 0.140. The van der Waals surface area contributed by atoms with Gasteiger partial charge in [0, 0.05) is 18.8 Å². The minimum Gasteiger partial charge on any atom is -0.383 e. The van der Waals surface area contributed by atoms with Gasteiger partial charge in [-0.05, 0) is 12.1 Å². The number of benzene rings is 1. The van der Waals surface area contributed by atoms with Crippen LogP contribution in [0.25, 0.3) is 0 Å². The quantitative estimate of drug-likeness (QED) is 0.754. The summed E-state index contributed by atoms with van der Waals surface area (Å²) in [4.78, 5) is 23.6. The van der Waals surface area contributed by atoms with Crippen molar-refractivity contribution in [3.63, 3.8) is 0 Å². The lowest BCUT2D eigenvalue weighted by Crippen LogP contribution is -2.29. The second-order valence-electron chi connectivity index (χ2n) is 3.45. The standard InChI is InChI=1S/C11H11N3O2/c1-13-7-9(12)14(11(13)16)10(15)8-5-3-2-4-6-8/h2-7H,12H2,1H3. The molecular formula is C11H11N3O2. The van der Waals surface area contributed by atoms with Crippen LogP contribution in [0.1, 0.15) is 10.4 Å². The average Bonchev–Trinajstić information content (AvgIpc) is 2.54. The van der Waals surface area contributed by atoms with Gasteiger partial charge < -0.3 is 5.73 Å². The van der Waals surface area contributed by atoms with Gasteiger partial charge in [-0.1, -0.05) is 18.2 Å². The van der Waals surface area contributed by atoms with Crippen molar-refractivity contribution in [1.29, 1.82) is 0 Å². The Morgan fingerprint density at radius 2 is 1.88 bits per heavy atom. The van der Waals surface area contributed by atoms with E-state index in [1.54, 1.807) is 37.4 Å². The van der Waals surface area contributed by atoms with E-state index in [0.29, 0.717) is 5.56 Å². The summed E-state index contributed by atoms with van der Waals surface area (Å²) in [5.41, 5.74) is 5.60. The normalized spacial score (nSPS) is 10.3. The van der Waals surface area contributed by atoms with Crippen molar-refractivity contribution >= 4 is 11.7 Å². The highest BCUT2D eigenvalue weighted by molar-refractivity contribution is 5.97. The second kappa shape index (κ2) is 3.69. The third-order valence-corrected chi connectivity index (χ3v) is 2.30. The number of nitrogens with zero attached hydrogens (tertiary/aromatic N) is 2. The van der Waals surface area contributed by atoms with E-state index in [1.165, 1.54) is 10.8 Å². The van der Waals surface area contributed by atoms with Crippen molar-refractivity contribution in [2.75, 3.05) is 5.73 Å². The number of aromatic nitrogens is 2. The van der Waals surface area contributed by atoms with Crippen LogP contribution in [0.5, 0.6) is 0 Å². The van der Waals surface area contributed by atoms with Gasteiger partial charge in [-0.3, -0.25) is 9.36 Å². The van der Waals surface area contributed by atoms with Crippen LogP contribution in [0.2, 0.25) is 0 Å². The SMILES string of the molecule is Cn1cc(N)n(C(=O)c2ccccc2)c1=O. The molecule has 2 N–H and O–H groups in total. The van der Waals surface area contributed by atoms with Gasteiger partial charge in [0.05, 0.1) is 0 Å². The van der Waals surface area contributed by atoms with Crippen LogP contribution in [-0.4, -0.2) is 15.0 Å². The number of nitrogens with two attached hydrogens (primary N) is 1. The average molecular weight is 217 g/mol. The van der Waals surface area contributed by atoms with Gasteiger partial charge in [-0.2, -0.15) is 0 Å². The zero-order valence-electron chi connectivity index (χ0n) is 8.75. The van der Waals surface area contributed by atoms with Gasteiger partial charge in [-0.25, -0.2) is 9.36 Å². The van der Waals surface area contributed by atoms with Crippen molar-refractivity contribution in [3.8, 4) is 0 Å². The first kappa shape index (κ1) is 10.2. The number of carbonyl (C=O) groups excluding carboxylic acids is 1. The maximum atomic E-state index is 12.0. The van der Waals surface area contributed by atoms with E-state index in [-0.39, 0.29) is 5.82 Å². The molecule has 0 saturated heterocycles. The molecule has 0 aliphatic carbocycles. The summed E-state index contributed by atoms with van der Waals surface area (Å²) >= 11 is 0. The number of carbonyl (C=O) groups is 1. The Hall–Kier alpha value is -2.30. The Bertz CT molecular complexity index is 581. The number of nitrogen functional groups attached to an aromatic ring is 1. The summed E-state index contributed by atoms with van der Waals surface area (Å²) in [7, 11) is 1.55. The predicted molar refractivity (Wildman–Crippen MR) is 60.3 cm³/mol. The largest absolute Gasteiger partial charge is 0.383 e. The van der Waals surface area contributed by atoms with Crippen molar-refractivity contribution in [2.45, 2.75) is 0 Å². The summed E-state index contributed by atoms with van der Waals surface area (Å²) in [6, 6.07) is 8.55.